The molecule has 0 unspecified atom stereocenters. The summed E-state index contributed by atoms with van der Waals surface area (Å²) in [6, 6.07) is 6.09. The molecule has 1 aliphatic carbocycles. The third kappa shape index (κ3) is 3.63. The van der Waals surface area contributed by atoms with Crippen molar-refractivity contribution in [2.75, 3.05) is 6.54 Å². The summed E-state index contributed by atoms with van der Waals surface area (Å²) in [6.07, 6.45) is 9.84. The van der Waals surface area contributed by atoms with E-state index < -0.39 is 0 Å². The smallest absolute Gasteiger partial charge is 0.253 e. The number of halogens is 1. The van der Waals surface area contributed by atoms with Crippen molar-refractivity contribution >= 4 is 32.7 Å². The number of carbonyl (C=O) groups excluding carboxylic acids is 1. The zero-order valence-corrected chi connectivity index (χ0v) is 15.4. The van der Waals surface area contributed by atoms with Gasteiger partial charge < -0.3 is 9.88 Å². The Labute approximate surface area is 146 Å². The second-order valence-corrected chi connectivity index (χ2v) is 7.37. The van der Waals surface area contributed by atoms with Gasteiger partial charge in [0.25, 0.3) is 5.91 Å². The lowest BCUT2D eigenvalue weighted by Crippen LogP contribution is -2.26. The van der Waals surface area contributed by atoms with Crippen LogP contribution in [-0.2, 0) is 6.54 Å². The topological polar surface area (TPSA) is 34.0 Å². The Kier molecular flexibility index (Phi) is 5.42. The monoisotopic (exact) mass is 376 g/mol. The van der Waals surface area contributed by atoms with Gasteiger partial charge in [0.05, 0.1) is 5.56 Å². The molecule has 0 bridgehead atoms. The fourth-order valence-corrected chi connectivity index (χ4v) is 4.27. The predicted octanol–water partition coefficient (Wildman–Crippen LogP) is 5.12. The molecule has 3 nitrogen and oxygen atoms in total. The molecule has 0 atom stereocenters. The van der Waals surface area contributed by atoms with Crippen LogP contribution in [0.15, 0.2) is 28.9 Å². The van der Waals surface area contributed by atoms with Crippen molar-refractivity contribution in [2.45, 2.75) is 52.0 Å². The van der Waals surface area contributed by atoms with E-state index in [0.29, 0.717) is 0 Å². The van der Waals surface area contributed by atoms with E-state index in [9.17, 15) is 4.79 Å². The fourth-order valence-electron chi connectivity index (χ4n) is 3.70. The minimum Gasteiger partial charge on any atom is -0.352 e. The Bertz CT molecular complexity index is 686. The molecule has 3 rings (SSSR count). The molecule has 1 heterocycles. The first kappa shape index (κ1) is 16.6. The lowest BCUT2D eigenvalue weighted by Gasteiger charge is -2.21. The van der Waals surface area contributed by atoms with E-state index in [2.05, 4.69) is 38.8 Å². The molecule has 1 saturated carbocycles. The first-order valence-corrected chi connectivity index (χ1v) is 9.55. The number of nitrogens with zero attached hydrogens (tertiary/aromatic N) is 1. The van der Waals surface area contributed by atoms with Crippen molar-refractivity contribution in [3.63, 3.8) is 0 Å². The number of aryl methyl sites for hydroxylation is 1. The first-order valence-electron chi connectivity index (χ1n) is 8.76. The van der Waals surface area contributed by atoms with E-state index in [0.717, 1.165) is 46.4 Å². The number of rotatable bonds is 5. The van der Waals surface area contributed by atoms with Crippen molar-refractivity contribution in [1.29, 1.82) is 0 Å². The number of aromatic nitrogens is 1. The van der Waals surface area contributed by atoms with Crippen LogP contribution < -0.4 is 5.32 Å². The molecule has 0 saturated heterocycles. The number of amides is 1. The van der Waals surface area contributed by atoms with E-state index in [1.54, 1.807) is 0 Å². The summed E-state index contributed by atoms with van der Waals surface area (Å²) in [6.45, 7) is 3.75. The van der Waals surface area contributed by atoms with Crippen LogP contribution >= 0.6 is 15.9 Å². The molecule has 1 fully saturated rings. The Balaban J connectivity index is 1.70. The number of hydrogen-bond acceptors (Lipinski definition) is 1. The van der Waals surface area contributed by atoms with Crippen molar-refractivity contribution in [2.24, 2.45) is 5.92 Å². The van der Waals surface area contributed by atoms with Crippen LogP contribution in [0.5, 0.6) is 0 Å². The van der Waals surface area contributed by atoms with Crippen LogP contribution in [-0.4, -0.2) is 17.0 Å². The summed E-state index contributed by atoms with van der Waals surface area (Å²) in [5, 5.41) is 4.15. The van der Waals surface area contributed by atoms with Crippen molar-refractivity contribution < 1.29 is 4.79 Å². The summed E-state index contributed by atoms with van der Waals surface area (Å²) in [5.74, 6) is 0.845. The van der Waals surface area contributed by atoms with Gasteiger partial charge in [-0.2, -0.15) is 0 Å². The molecule has 2 aromatic rings. The highest BCUT2D eigenvalue weighted by Crippen LogP contribution is 2.29. The standard InChI is InChI=1S/C19H25BrN2O/c1-2-22-13-15(18-16(20)9-6-10-17(18)22)19(23)21-12-11-14-7-4-3-5-8-14/h6,9-10,13-14H,2-5,7-8,11-12H2,1H3,(H,21,23). The highest BCUT2D eigenvalue weighted by molar-refractivity contribution is 9.10. The van der Waals surface area contributed by atoms with Gasteiger partial charge >= 0.3 is 0 Å². The van der Waals surface area contributed by atoms with Crippen LogP contribution in [0.25, 0.3) is 10.9 Å². The third-order valence-corrected chi connectivity index (χ3v) is 5.66. The van der Waals surface area contributed by atoms with E-state index in [1.165, 1.54) is 32.1 Å². The van der Waals surface area contributed by atoms with Crippen LogP contribution in [0, 0.1) is 5.92 Å². The number of carbonyl (C=O) groups is 1. The maximum Gasteiger partial charge on any atom is 0.253 e. The molecule has 1 amide bonds. The minimum atomic E-state index is 0.0462. The number of hydrogen-bond donors (Lipinski definition) is 1. The van der Waals surface area contributed by atoms with E-state index in [-0.39, 0.29) is 5.91 Å². The molecule has 1 aromatic heterocycles. The molecule has 0 radical (unpaired) electrons. The van der Waals surface area contributed by atoms with Gasteiger partial charge in [0, 0.05) is 34.7 Å². The summed E-state index contributed by atoms with van der Waals surface area (Å²) >= 11 is 3.60. The maximum atomic E-state index is 12.6. The first-order chi connectivity index (χ1) is 11.2. The molecule has 124 valence electrons. The van der Waals surface area contributed by atoms with Gasteiger partial charge in [-0.05, 0) is 31.4 Å². The SMILES string of the molecule is CCn1cc(C(=O)NCCC2CCCCC2)c2c(Br)cccc21. The highest BCUT2D eigenvalue weighted by Gasteiger charge is 2.18. The summed E-state index contributed by atoms with van der Waals surface area (Å²) < 4.78 is 3.12. The summed E-state index contributed by atoms with van der Waals surface area (Å²) in [7, 11) is 0. The third-order valence-electron chi connectivity index (χ3n) is 5.00. The Morgan fingerprint density at radius 1 is 1.30 bits per heavy atom. The average molecular weight is 377 g/mol. The van der Waals surface area contributed by atoms with Gasteiger partial charge in [0.1, 0.15) is 0 Å². The number of fused-ring (bicyclic) bond motifs is 1. The molecule has 1 N–H and O–H groups in total. The number of nitrogens with one attached hydrogen (secondary N) is 1. The van der Waals surface area contributed by atoms with Crippen LogP contribution in [0.4, 0.5) is 0 Å². The van der Waals surface area contributed by atoms with E-state index in [1.807, 2.05) is 18.3 Å². The predicted molar refractivity (Wildman–Crippen MR) is 98.8 cm³/mol. The second-order valence-electron chi connectivity index (χ2n) is 6.51. The van der Waals surface area contributed by atoms with Gasteiger partial charge in [-0.15, -0.1) is 0 Å². The molecule has 23 heavy (non-hydrogen) atoms. The maximum absolute atomic E-state index is 12.6. The Morgan fingerprint density at radius 2 is 2.09 bits per heavy atom. The van der Waals surface area contributed by atoms with Crippen molar-refractivity contribution in [1.82, 2.24) is 9.88 Å². The molecular formula is C19H25BrN2O. The zero-order chi connectivity index (χ0) is 16.2. The van der Waals surface area contributed by atoms with E-state index in [4.69, 9.17) is 0 Å². The normalized spacial score (nSPS) is 15.9. The summed E-state index contributed by atoms with van der Waals surface area (Å²) in [4.78, 5) is 12.6. The minimum absolute atomic E-state index is 0.0462. The molecule has 0 spiro atoms. The van der Waals surface area contributed by atoms with Crippen LogP contribution in [0.3, 0.4) is 0 Å². The molecular weight excluding hydrogens is 352 g/mol. The molecule has 1 aliphatic rings. The molecule has 0 aliphatic heterocycles. The second kappa shape index (κ2) is 7.52. The lowest BCUT2D eigenvalue weighted by atomic mass is 9.87. The molecule has 1 aromatic carbocycles. The zero-order valence-electron chi connectivity index (χ0n) is 13.8. The largest absolute Gasteiger partial charge is 0.352 e. The average Bonchev–Trinajstić information content (AvgIpc) is 2.96. The van der Waals surface area contributed by atoms with Gasteiger partial charge in [0.2, 0.25) is 0 Å². The van der Waals surface area contributed by atoms with Gasteiger partial charge in [-0.1, -0.05) is 54.1 Å². The summed E-state index contributed by atoms with van der Waals surface area (Å²) in [5.41, 5.74) is 1.89. The van der Waals surface area contributed by atoms with Gasteiger partial charge in [-0.25, -0.2) is 0 Å². The van der Waals surface area contributed by atoms with Crippen molar-refractivity contribution in [3.05, 3.63) is 34.4 Å². The highest BCUT2D eigenvalue weighted by atomic mass is 79.9. The Morgan fingerprint density at radius 3 is 2.83 bits per heavy atom. The van der Waals surface area contributed by atoms with Crippen molar-refractivity contribution in [3.8, 4) is 0 Å². The van der Waals surface area contributed by atoms with Crippen LogP contribution in [0.2, 0.25) is 0 Å². The Hall–Kier alpha value is -1.29. The van der Waals surface area contributed by atoms with E-state index >= 15 is 0 Å². The number of benzene rings is 1. The lowest BCUT2D eigenvalue weighted by molar-refractivity contribution is 0.0952. The quantitative estimate of drug-likeness (QED) is 0.771. The van der Waals surface area contributed by atoms with Crippen LogP contribution in [0.1, 0.15) is 55.8 Å². The van der Waals surface area contributed by atoms with Gasteiger partial charge in [0.15, 0.2) is 0 Å². The molecule has 4 heteroatoms. The fraction of sp³-hybridized carbons (Fsp3) is 0.526. The van der Waals surface area contributed by atoms with Gasteiger partial charge in [-0.3, -0.25) is 4.79 Å².